The number of aromatic nitrogens is 5. The molecule has 0 radical (unpaired) electrons. The zero-order valence-corrected chi connectivity index (χ0v) is 11.8. The van der Waals surface area contributed by atoms with Gasteiger partial charge in [-0.25, -0.2) is 0 Å². The van der Waals surface area contributed by atoms with Crippen molar-refractivity contribution in [1.29, 1.82) is 0 Å². The van der Waals surface area contributed by atoms with E-state index in [2.05, 4.69) is 62.9 Å². The summed E-state index contributed by atoms with van der Waals surface area (Å²) >= 11 is 0. The Morgan fingerprint density at radius 3 is 2.71 bits per heavy atom. The van der Waals surface area contributed by atoms with Crippen molar-refractivity contribution < 1.29 is 0 Å². The molecule has 3 aromatic rings. The highest BCUT2D eigenvalue weighted by Gasteiger charge is 2.45. The third-order valence-corrected chi connectivity index (χ3v) is 4.23. The number of fused-ring (bicyclic) bond motifs is 1. The van der Waals surface area contributed by atoms with E-state index in [1.165, 1.54) is 23.0 Å². The predicted molar refractivity (Wildman–Crippen MR) is 79.2 cm³/mol. The van der Waals surface area contributed by atoms with Crippen molar-refractivity contribution in [1.82, 2.24) is 25.3 Å². The first kappa shape index (κ1) is 12.3. The molecule has 1 aliphatic carbocycles. The van der Waals surface area contributed by atoms with Gasteiger partial charge in [0, 0.05) is 19.0 Å². The Labute approximate surface area is 122 Å². The lowest BCUT2D eigenvalue weighted by Crippen LogP contribution is -2.30. The average Bonchev–Trinajstić information content (AvgIpc) is 3.15. The van der Waals surface area contributed by atoms with Gasteiger partial charge in [-0.15, -0.1) is 14.8 Å². The fraction of sp³-hybridized carbons (Fsp3) is 0.333. The van der Waals surface area contributed by atoms with E-state index in [-0.39, 0.29) is 5.41 Å². The number of likely N-dealkylation sites (N-methyl/N-ethyl adjacent to an activating group) is 1. The average molecular weight is 280 g/mol. The van der Waals surface area contributed by atoms with Crippen LogP contribution >= 0.6 is 0 Å². The summed E-state index contributed by atoms with van der Waals surface area (Å²) in [5.74, 6) is 0.886. The van der Waals surface area contributed by atoms with Crippen molar-refractivity contribution in [2.75, 3.05) is 18.5 Å². The molecule has 1 fully saturated rings. The molecule has 2 aromatic heterocycles. The summed E-state index contributed by atoms with van der Waals surface area (Å²) in [7, 11) is 2.07. The maximum Gasteiger partial charge on any atom is 0.200 e. The summed E-state index contributed by atoms with van der Waals surface area (Å²) in [6.45, 7) is 0.956. The minimum absolute atomic E-state index is 0.271. The van der Waals surface area contributed by atoms with Crippen LogP contribution in [0.3, 0.4) is 0 Å². The number of rotatable bonds is 4. The molecule has 0 aliphatic heterocycles. The smallest absolute Gasteiger partial charge is 0.200 e. The first-order chi connectivity index (χ1) is 10.3. The van der Waals surface area contributed by atoms with Crippen molar-refractivity contribution in [3.8, 4) is 0 Å². The van der Waals surface area contributed by atoms with Crippen molar-refractivity contribution in [2.24, 2.45) is 0 Å². The second-order valence-corrected chi connectivity index (χ2v) is 5.72. The monoisotopic (exact) mass is 280 g/mol. The lowest BCUT2D eigenvalue weighted by Gasteiger charge is -2.24. The molecular formula is C15H16N6. The third kappa shape index (κ3) is 2.12. The normalized spacial score (nSPS) is 16.0. The summed E-state index contributed by atoms with van der Waals surface area (Å²) in [4.78, 5) is 2.18. The molecular weight excluding hydrogens is 264 g/mol. The van der Waals surface area contributed by atoms with E-state index in [0.717, 1.165) is 12.4 Å². The van der Waals surface area contributed by atoms with Gasteiger partial charge in [0.25, 0.3) is 0 Å². The fourth-order valence-corrected chi connectivity index (χ4v) is 2.86. The molecule has 1 saturated carbocycles. The summed E-state index contributed by atoms with van der Waals surface area (Å²) < 4.78 is 1.47. The van der Waals surface area contributed by atoms with Crippen LogP contribution in [-0.4, -0.2) is 38.8 Å². The van der Waals surface area contributed by atoms with E-state index in [0.29, 0.717) is 5.65 Å². The Morgan fingerprint density at radius 2 is 1.95 bits per heavy atom. The molecule has 4 rings (SSSR count). The van der Waals surface area contributed by atoms with Crippen LogP contribution in [0.5, 0.6) is 0 Å². The fourth-order valence-electron chi connectivity index (χ4n) is 2.86. The highest BCUT2D eigenvalue weighted by molar-refractivity contribution is 5.45. The Kier molecular flexibility index (Phi) is 2.63. The van der Waals surface area contributed by atoms with E-state index in [9.17, 15) is 0 Å². The zero-order chi connectivity index (χ0) is 14.3. The van der Waals surface area contributed by atoms with Crippen LogP contribution < -0.4 is 4.90 Å². The number of benzene rings is 1. The standard InChI is InChI=1S/C15H16N6/c1-20(14-8-7-13-16-18-19-21(13)17-14)11-15(9-10-15)12-5-3-2-4-6-12/h2-8H,9-11H2,1H3. The van der Waals surface area contributed by atoms with Gasteiger partial charge in [-0.05, 0) is 41.0 Å². The number of anilines is 1. The van der Waals surface area contributed by atoms with E-state index in [1.54, 1.807) is 0 Å². The van der Waals surface area contributed by atoms with Crippen molar-refractivity contribution in [3.63, 3.8) is 0 Å². The predicted octanol–water partition coefficient (Wildman–Crippen LogP) is 1.69. The van der Waals surface area contributed by atoms with E-state index < -0.39 is 0 Å². The van der Waals surface area contributed by atoms with Gasteiger partial charge in [-0.1, -0.05) is 30.3 Å². The van der Waals surface area contributed by atoms with Crippen molar-refractivity contribution in [3.05, 3.63) is 48.0 Å². The quantitative estimate of drug-likeness (QED) is 0.728. The maximum atomic E-state index is 4.45. The maximum absolute atomic E-state index is 4.45. The Bertz CT molecular complexity index is 762. The summed E-state index contributed by atoms with van der Waals surface area (Å²) in [5.41, 5.74) is 2.35. The van der Waals surface area contributed by atoms with Crippen LogP contribution in [0.4, 0.5) is 5.82 Å². The topological polar surface area (TPSA) is 59.2 Å². The molecule has 2 heterocycles. The summed E-state index contributed by atoms with van der Waals surface area (Å²) in [5, 5.41) is 15.8. The SMILES string of the molecule is CN(CC1(c2ccccc2)CC1)c1ccc2nnnn2n1. The van der Waals surface area contributed by atoms with Gasteiger partial charge in [0.1, 0.15) is 0 Å². The van der Waals surface area contributed by atoms with Crippen LogP contribution in [0.25, 0.3) is 5.65 Å². The van der Waals surface area contributed by atoms with E-state index in [4.69, 9.17) is 0 Å². The molecule has 6 heteroatoms. The number of hydrogen-bond donors (Lipinski definition) is 0. The molecule has 0 bridgehead atoms. The Balaban J connectivity index is 1.59. The molecule has 0 unspecified atom stereocenters. The molecule has 1 aliphatic rings. The zero-order valence-electron chi connectivity index (χ0n) is 11.8. The number of hydrogen-bond acceptors (Lipinski definition) is 5. The van der Waals surface area contributed by atoms with Gasteiger partial charge in [-0.3, -0.25) is 0 Å². The van der Waals surface area contributed by atoms with Crippen LogP contribution in [0.2, 0.25) is 0 Å². The number of nitrogens with zero attached hydrogens (tertiary/aromatic N) is 6. The van der Waals surface area contributed by atoms with Crippen LogP contribution in [0.15, 0.2) is 42.5 Å². The first-order valence-corrected chi connectivity index (χ1v) is 7.09. The molecule has 21 heavy (non-hydrogen) atoms. The van der Waals surface area contributed by atoms with Gasteiger partial charge >= 0.3 is 0 Å². The molecule has 1 aromatic carbocycles. The second kappa shape index (κ2) is 4.51. The minimum Gasteiger partial charge on any atom is -0.357 e. The Hall–Kier alpha value is -2.50. The van der Waals surface area contributed by atoms with Crippen molar-refractivity contribution in [2.45, 2.75) is 18.3 Å². The molecule has 0 N–H and O–H groups in total. The molecule has 6 nitrogen and oxygen atoms in total. The summed E-state index contributed by atoms with van der Waals surface area (Å²) in [6, 6.07) is 14.6. The molecule has 0 spiro atoms. The highest BCUT2D eigenvalue weighted by atomic mass is 15.6. The van der Waals surface area contributed by atoms with Gasteiger partial charge in [0.05, 0.1) is 0 Å². The number of tetrazole rings is 1. The van der Waals surface area contributed by atoms with Gasteiger partial charge < -0.3 is 4.90 Å². The van der Waals surface area contributed by atoms with Gasteiger partial charge in [-0.2, -0.15) is 0 Å². The molecule has 0 saturated heterocycles. The van der Waals surface area contributed by atoms with Crippen LogP contribution in [-0.2, 0) is 5.41 Å². The first-order valence-electron chi connectivity index (χ1n) is 7.09. The van der Waals surface area contributed by atoms with E-state index >= 15 is 0 Å². The minimum atomic E-state index is 0.271. The molecule has 0 amide bonds. The van der Waals surface area contributed by atoms with Gasteiger partial charge in [0.15, 0.2) is 11.5 Å². The third-order valence-electron chi connectivity index (χ3n) is 4.23. The van der Waals surface area contributed by atoms with E-state index in [1.807, 2.05) is 12.1 Å². The lowest BCUT2D eigenvalue weighted by atomic mass is 9.95. The molecule has 106 valence electrons. The Morgan fingerprint density at radius 1 is 1.14 bits per heavy atom. The van der Waals surface area contributed by atoms with Crippen molar-refractivity contribution >= 4 is 11.5 Å². The van der Waals surface area contributed by atoms with Crippen LogP contribution in [0.1, 0.15) is 18.4 Å². The lowest BCUT2D eigenvalue weighted by molar-refractivity contribution is 0.654. The van der Waals surface area contributed by atoms with Crippen LogP contribution in [0, 0.1) is 0 Å². The van der Waals surface area contributed by atoms with Gasteiger partial charge in [0.2, 0.25) is 0 Å². The highest BCUT2D eigenvalue weighted by Crippen LogP contribution is 2.48. The largest absolute Gasteiger partial charge is 0.357 e. The second-order valence-electron chi connectivity index (χ2n) is 5.72. The summed E-state index contributed by atoms with van der Waals surface area (Å²) in [6.07, 6.45) is 2.46. The molecule has 0 atom stereocenters.